The zero-order chi connectivity index (χ0) is 15.2. The number of nitro groups is 1. The number of hydrogen-bond acceptors (Lipinski definition) is 5. The second kappa shape index (κ2) is 6.67. The van der Waals surface area contributed by atoms with E-state index in [1.807, 2.05) is 0 Å². The summed E-state index contributed by atoms with van der Waals surface area (Å²) >= 11 is 0. The van der Waals surface area contributed by atoms with Crippen LogP contribution in [0.15, 0.2) is 47.1 Å². The van der Waals surface area contributed by atoms with E-state index in [1.165, 1.54) is 37.6 Å². The zero-order valence-corrected chi connectivity index (χ0v) is 11.3. The Labute approximate surface area is 120 Å². The normalized spacial score (nSPS) is 11.9. The Hall–Kier alpha value is -2.67. The largest absolute Gasteiger partial charge is 0.467 e. The van der Waals surface area contributed by atoms with Crippen LogP contribution in [0.5, 0.6) is 0 Å². The Kier molecular flexibility index (Phi) is 4.68. The van der Waals surface area contributed by atoms with Gasteiger partial charge in [0.25, 0.3) is 11.6 Å². The number of carbonyl (C=O) groups excluding carboxylic acids is 1. The smallest absolute Gasteiger partial charge is 0.270 e. The molecule has 1 aromatic carbocycles. The first kappa shape index (κ1) is 14.7. The number of ether oxygens (including phenoxy) is 1. The van der Waals surface area contributed by atoms with Crippen LogP contribution < -0.4 is 5.32 Å². The third-order valence-electron chi connectivity index (χ3n) is 2.91. The molecule has 0 bridgehead atoms. The van der Waals surface area contributed by atoms with Crippen LogP contribution in [0.2, 0.25) is 0 Å². The van der Waals surface area contributed by atoms with Crippen molar-refractivity contribution in [2.75, 3.05) is 13.7 Å². The molecule has 1 amide bonds. The molecule has 0 saturated heterocycles. The molecular weight excluding hydrogens is 276 g/mol. The maximum absolute atomic E-state index is 12.0. The monoisotopic (exact) mass is 290 g/mol. The van der Waals surface area contributed by atoms with Gasteiger partial charge in [-0.25, -0.2) is 0 Å². The molecule has 0 aliphatic rings. The van der Waals surface area contributed by atoms with Gasteiger partial charge >= 0.3 is 0 Å². The molecule has 21 heavy (non-hydrogen) atoms. The minimum absolute atomic E-state index is 0.128. The van der Waals surface area contributed by atoms with Crippen LogP contribution in [0.25, 0.3) is 0 Å². The van der Waals surface area contributed by atoms with Crippen molar-refractivity contribution in [3.63, 3.8) is 0 Å². The van der Waals surface area contributed by atoms with Crippen molar-refractivity contribution in [3.05, 3.63) is 64.1 Å². The molecule has 2 rings (SSSR count). The number of nitro benzene ring substituents is 1. The van der Waals surface area contributed by atoms with Gasteiger partial charge in [-0.05, 0) is 18.2 Å². The first-order valence-electron chi connectivity index (χ1n) is 6.20. The van der Waals surface area contributed by atoms with Crippen LogP contribution >= 0.6 is 0 Å². The van der Waals surface area contributed by atoms with Gasteiger partial charge < -0.3 is 14.5 Å². The molecule has 0 spiro atoms. The summed E-state index contributed by atoms with van der Waals surface area (Å²) in [4.78, 5) is 22.1. The maximum Gasteiger partial charge on any atom is 0.270 e. The molecule has 0 fully saturated rings. The van der Waals surface area contributed by atoms with Crippen molar-refractivity contribution in [2.24, 2.45) is 0 Å². The van der Waals surface area contributed by atoms with Gasteiger partial charge in [0.2, 0.25) is 0 Å². The lowest BCUT2D eigenvalue weighted by atomic mass is 10.2. The first-order valence-corrected chi connectivity index (χ1v) is 6.20. The van der Waals surface area contributed by atoms with Crippen molar-refractivity contribution in [3.8, 4) is 0 Å². The predicted molar refractivity (Wildman–Crippen MR) is 73.9 cm³/mol. The number of hydrogen-bond donors (Lipinski definition) is 1. The Balaban J connectivity index is 2.01. The number of methoxy groups -OCH3 is 1. The van der Waals surface area contributed by atoms with Crippen LogP contribution in [0.3, 0.4) is 0 Å². The van der Waals surface area contributed by atoms with Gasteiger partial charge in [0.1, 0.15) is 11.9 Å². The van der Waals surface area contributed by atoms with E-state index in [0.717, 1.165) is 0 Å². The van der Waals surface area contributed by atoms with Crippen LogP contribution in [-0.4, -0.2) is 24.5 Å². The topological polar surface area (TPSA) is 94.6 Å². The Morgan fingerprint density at radius 3 is 2.86 bits per heavy atom. The fourth-order valence-corrected chi connectivity index (χ4v) is 1.82. The highest BCUT2D eigenvalue weighted by atomic mass is 16.6. The van der Waals surface area contributed by atoms with Crippen molar-refractivity contribution >= 4 is 11.6 Å². The summed E-state index contributed by atoms with van der Waals surface area (Å²) < 4.78 is 10.4. The third-order valence-corrected chi connectivity index (χ3v) is 2.91. The second-order valence-electron chi connectivity index (χ2n) is 4.26. The molecule has 1 aromatic heterocycles. The number of furan rings is 1. The summed E-state index contributed by atoms with van der Waals surface area (Å²) in [6, 6.07) is 9.00. The van der Waals surface area contributed by atoms with Crippen LogP contribution in [-0.2, 0) is 4.74 Å². The highest BCUT2D eigenvalue weighted by Crippen LogP contribution is 2.17. The number of rotatable bonds is 6. The van der Waals surface area contributed by atoms with Crippen LogP contribution in [0.4, 0.5) is 5.69 Å². The molecular formula is C14H14N2O5. The number of amides is 1. The summed E-state index contributed by atoms with van der Waals surface area (Å²) in [5.41, 5.74) is 0.0930. The fraction of sp³-hybridized carbons (Fsp3) is 0.214. The molecule has 7 heteroatoms. The average Bonchev–Trinajstić information content (AvgIpc) is 3.02. The predicted octanol–water partition coefficient (Wildman–Crippen LogP) is 2.31. The average molecular weight is 290 g/mol. The second-order valence-corrected chi connectivity index (χ2v) is 4.26. The maximum atomic E-state index is 12.0. The van der Waals surface area contributed by atoms with Gasteiger partial charge in [-0.15, -0.1) is 0 Å². The van der Waals surface area contributed by atoms with E-state index in [2.05, 4.69) is 5.32 Å². The molecule has 0 aliphatic heterocycles. The summed E-state index contributed by atoms with van der Waals surface area (Å²) in [5, 5.41) is 13.3. The molecule has 0 radical (unpaired) electrons. The van der Waals surface area contributed by atoms with Crippen LogP contribution in [0, 0.1) is 10.1 Å². The fourth-order valence-electron chi connectivity index (χ4n) is 1.82. The molecule has 0 aliphatic carbocycles. The van der Waals surface area contributed by atoms with E-state index in [9.17, 15) is 14.9 Å². The van der Waals surface area contributed by atoms with Crippen molar-refractivity contribution in [2.45, 2.75) is 6.10 Å². The van der Waals surface area contributed by atoms with Crippen LogP contribution in [0.1, 0.15) is 22.2 Å². The van der Waals surface area contributed by atoms with Gasteiger partial charge in [-0.2, -0.15) is 0 Å². The van der Waals surface area contributed by atoms with Gasteiger partial charge in [0, 0.05) is 24.8 Å². The van der Waals surface area contributed by atoms with Gasteiger partial charge in [-0.3, -0.25) is 14.9 Å². The molecule has 1 unspecified atom stereocenters. The molecule has 7 nitrogen and oxygen atoms in total. The standard InChI is InChI=1S/C14H14N2O5/c1-20-13(12-6-3-7-21-12)9-15-14(17)10-4-2-5-11(8-10)16(18)19/h2-8,13H,9H2,1H3,(H,15,17). The Morgan fingerprint density at radius 1 is 1.43 bits per heavy atom. The highest BCUT2D eigenvalue weighted by molar-refractivity contribution is 5.94. The minimum atomic E-state index is -0.544. The summed E-state index contributed by atoms with van der Waals surface area (Å²) in [7, 11) is 1.51. The number of carbonyl (C=O) groups is 1. The quantitative estimate of drug-likeness (QED) is 0.650. The number of nitrogens with one attached hydrogen (secondary N) is 1. The summed E-state index contributed by atoms with van der Waals surface area (Å²) in [5.74, 6) is 0.184. The summed E-state index contributed by atoms with van der Waals surface area (Å²) in [6.07, 6.45) is 1.10. The summed E-state index contributed by atoms with van der Waals surface area (Å²) in [6.45, 7) is 0.200. The van der Waals surface area contributed by atoms with E-state index in [-0.39, 0.29) is 17.8 Å². The molecule has 2 aromatic rings. The van der Waals surface area contributed by atoms with E-state index in [1.54, 1.807) is 12.1 Å². The van der Waals surface area contributed by atoms with Crippen molar-refractivity contribution in [1.82, 2.24) is 5.32 Å². The van der Waals surface area contributed by atoms with E-state index in [4.69, 9.17) is 9.15 Å². The molecule has 0 saturated carbocycles. The number of non-ortho nitro benzene ring substituents is 1. The van der Waals surface area contributed by atoms with Gasteiger partial charge in [-0.1, -0.05) is 6.07 Å². The first-order chi connectivity index (χ1) is 10.1. The van der Waals surface area contributed by atoms with Gasteiger partial charge in [0.15, 0.2) is 0 Å². The number of nitrogens with zero attached hydrogens (tertiary/aromatic N) is 1. The molecule has 110 valence electrons. The Bertz CT molecular complexity index is 624. The molecule has 1 heterocycles. The lowest BCUT2D eigenvalue weighted by Crippen LogP contribution is -2.29. The minimum Gasteiger partial charge on any atom is -0.467 e. The van der Waals surface area contributed by atoms with Crippen molar-refractivity contribution < 1.29 is 18.9 Å². The third kappa shape index (κ3) is 3.67. The number of benzene rings is 1. The lowest BCUT2D eigenvalue weighted by molar-refractivity contribution is -0.384. The lowest BCUT2D eigenvalue weighted by Gasteiger charge is -2.13. The van der Waals surface area contributed by atoms with Crippen molar-refractivity contribution in [1.29, 1.82) is 0 Å². The van der Waals surface area contributed by atoms with E-state index < -0.39 is 16.9 Å². The SMILES string of the molecule is COC(CNC(=O)c1cccc([N+](=O)[O-])c1)c1ccco1. The highest BCUT2D eigenvalue weighted by Gasteiger charge is 2.16. The molecule has 1 N–H and O–H groups in total. The Morgan fingerprint density at radius 2 is 2.24 bits per heavy atom. The zero-order valence-electron chi connectivity index (χ0n) is 11.3. The molecule has 1 atom stereocenters. The van der Waals surface area contributed by atoms with Gasteiger partial charge in [0.05, 0.1) is 17.7 Å². The van der Waals surface area contributed by atoms with E-state index in [0.29, 0.717) is 5.76 Å². The van der Waals surface area contributed by atoms with E-state index >= 15 is 0 Å².